The molecule has 2 heterocycles. The van der Waals surface area contributed by atoms with Crippen LogP contribution in [0.2, 0.25) is 0 Å². The minimum atomic E-state index is -0.344. The fourth-order valence-electron chi connectivity index (χ4n) is 5.09. The lowest BCUT2D eigenvalue weighted by atomic mass is 9.93. The van der Waals surface area contributed by atoms with Crippen LogP contribution in [0, 0.1) is 0 Å². The predicted molar refractivity (Wildman–Crippen MR) is 133 cm³/mol. The SMILES string of the molecule is O=C(CC1c2ccccc2-c2c(-c3ccccc3)c3ccccc3c(=O)n21)c1ccccc1. The zero-order valence-electron chi connectivity index (χ0n) is 17.9. The van der Waals surface area contributed by atoms with Crippen LogP contribution < -0.4 is 5.56 Å². The highest BCUT2D eigenvalue weighted by molar-refractivity contribution is 6.04. The van der Waals surface area contributed by atoms with Gasteiger partial charge in [0.1, 0.15) is 0 Å². The number of rotatable bonds is 4. The number of hydrogen-bond acceptors (Lipinski definition) is 2. The number of carbonyl (C=O) groups excluding carboxylic acids is 1. The van der Waals surface area contributed by atoms with E-state index in [0.717, 1.165) is 33.3 Å². The molecule has 1 aliphatic rings. The van der Waals surface area contributed by atoms with Gasteiger partial charge in [0.2, 0.25) is 0 Å². The molecule has 3 heteroatoms. The Labute approximate surface area is 191 Å². The number of nitrogens with zero attached hydrogens (tertiary/aromatic N) is 1. The Balaban J connectivity index is 1.66. The highest BCUT2D eigenvalue weighted by Crippen LogP contribution is 2.46. The zero-order chi connectivity index (χ0) is 22.4. The third kappa shape index (κ3) is 3.05. The first-order chi connectivity index (χ1) is 16.2. The second-order valence-electron chi connectivity index (χ2n) is 8.41. The van der Waals surface area contributed by atoms with Gasteiger partial charge in [-0.2, -0.15) is 0 Å². The van der Waals surface area contributed by atoms with Gasteiger partial charge in [-0.1, -0.05) is 103 Å². The van der Waals surface area contributed by atoms with Crippen molar-refractivity contribution in [2.75, 3.05) is 0 Å². The maximum atomic E-state index is 13.9. The van der Waals surface area contributed by atoms with E-state index in [-0.39, 0.29) is 23.8 Å². The fraction of sp³-hybridized carbons (Fsp3) is 0.0667. The van der Waals surface area contributed by atoms with Crippen molar-refractivity contribution in [1.82, 2.24) is 4.57 Å². The second-order valence-corrected chi connectivity index (χ2v) is 8.41. The van der Waals surface area contributed by atoms with Crippen molar-refractivity contribution < 1.29 is 4.79 Å². The zero-order valence-corrected chi connectivity index (χ0v) is 17.9. The number of ketones is 1. The maximum absolute atomic E-state index is 13.9. The Morgan fingerprint density at radius 1 is 0.697 bits per heavy atom. The summed E-state index contributed by atoms with van der Waals surface area (Å²) in [5, 5.41) is 1.61. The van der Waals surface area contributed by atoms with E-state index >= 15 is 0 Å². The lowest BCUT2D eigenvalue weighted by Gasteiger charge is -2.19. The van der Waals surface area contributed by atoms with Crippen LogP contribution in [0.1, 0.15) is 28.4 Å². The monoisotopic (exact) mass is 427 g/mol. The topological polar surface area (TPSA) is 39.1 Å². The van der Waals surface area contributed by atoms with Gasteiger partial charge in [-0.15, -0.1) is 0 Å². The Kier molecular flexibility index (Phi) is 4.55. The van der Waals surface area contributed by atoms with Crippen molar-refractivity contribution in [1.29, 1.82) is 0 Å². The van der Waals surface area contributed by atoms with E-state index in [1.165, 1.54) is 0 Å². The molecular weight excluding hydrogens is 406 g/mol. The van der Waals surface area contributed by atoms with Crippen LogP contribution in [0.5, 0.6) is 0 Å². The molecule has 158 valence electrons. The largest absolute Gasteiger partial charge is 0.299 e. The Bertz CT molecular complexity index is 1570. The summed E-state index contributed by atoms with van der Waals surface area (Å²) in [6, 6.07) is 35.0. The van der Waals surface area contributed by atoms with Crippen LogP contribution in [-0.2, 0) is 0 Å². The first-order valence-electron chi connectivity index (χ1n) is 11.1. The molecule has 0 radical (unpaired) electrons. The van der Waals surface area contributed by atoms with E-state index in [1.807, 2.05) is 95.6 Å². The Morgan fingerprint density at radius 2 is 1.30 bits per heavy atom. The molecule has 4 aromatic carbocycles. The van der Waals surface area contributed by atoms with E-state index in [4.69, 9.17) is 0 Å². The molecule has 0 aliphatic carbocycles. The van der Waals surface area contributed by atoms with E-state index in [9.17, 15) is 9.59 Å². The van der Waals surface area contributed by atoms with Crippen LogP contribution in [0.4, 0.5) is 0 Å². The van der Waals surface area contributed by atoms with Gasteiger partial charge in [-0.3, -0.25) is 14.2 Å². The number of carbonyl (C=O) groups is 1. The number of aromatic nitrogens is 1. The molecule has 1 unspecified atom stereocenters. The lowest BCUT2D eigenvalue weighted by molar-refractivity contribution is 0.0970. The van der Waals surface area contributed by atoms with Gasteiger partial charge in [-0.05, 0) is 22.6 Å². The Hall–Kier alpha value is -4.24. The molecule has 1 aliphatic heterocycles. The third-order valence-electron chi connectivity index (χ3n) is 6.55. The molecule has 0 saturated heterocycles. The van der Waals surface area contributed by atoms with Crippen LogP contribution >= 0.6 is 0 Å². The highest BCUT2D eigenvalue weighted by Gasteiger charge is 2.34. The molecule has 5 aromatic rings. The van der Waals surface area contributed by atoms with Gasteiger partial charge in [-0.25, -0.2) is 0 Å². The van der Waals surface area contributed by atoms with E-state index < -0.39 is 0 Å². The first-order valence-corrected chi connectivity index (χ1v) is 11.1. The summed E-state index contributed by atoms with van der Waals surface area (Å²) in [6.07, 6.45) is 0.237. The molecule has 0 amide bonds. The summed E-state index contributed by atoms with van der Waals surface area (Å²) in [7, 11) is 0. The van der Waals surface area contributed by atoms with Crippen LogP contribution in [0.25, 0.3) is 33.2 Å². The van der Waals surface area contributed by atoms with Crippen molar-refractivity contribution in [2.24, 2.45) is 0 Å². The van der Waals surface area contributed by atoms with Gasteiger partial charge >= 0.3 is 0 Å². The molecule has 1 aromatic heterocycles. The molecule has 0 N–H and O–H groups in total. The fourth-order valence-corrected chi connectivity index (χ4v) is 5.09. The summed E-state index contributed by atoms with van der Waals surface area (Å²) in [5.41, 5.74) is 5.64. The molecule has 33 heavy (non-hydrogen) atoms. The number of hydrogen-bond donors (Lipinski definition) is 0. The first kappa shape index (κ1) is 19.4. The van der Waals surface area contributed by atoms with Crippen molar-refractivity contribution in [3.8, 4) is 22.4 Å². The third-order valence-corrected chi connectivity index (χ3v) is 6.55. The molecule has 0 fully saturated rings. The lowest BCUT2D eigenvalue weighted by Crippen LogP contribution is -2.25. The van der Waals surface area contributed by atoms with Gasteiger partial charge in [0.15, 0.2) is 5.78 Å². The van der Waals surface area contributed by atoms with Gasteiger partial charge in [0.25, 0.3) is 5.56 Å². The standard InChI is InChI=1S/C30H21NO2/c32-27(20-11-3-1-4-12-20)19-26-22-15-7-9-17-24(22)29-28(21-13-5-2-6-14-21)23-16-8-10-18-25(23)30(33)31(26)29/h1-18,26H,19H2. The number of fused-ring (bicyclic) bond motifs is 4. The average molecular weight is 428 g/mol. The molecular formula is C30H21NO2. The Morgan fingerprint density at radius 3 is 2.06 bits per heavy atom. The van der Waals surface area contributed by atoms with E-state index in [1.54, 1.807) is 0 Å². The second kappa shape index (κ2) is 7.72. The summed E-state index contributed by atoms with van der Waals surface area (Å²) < 4.78 is 1.86. The van der Waals surface area contributed by atoms with Crippen molar-refractivity contribution in [3.05, 3.63) is 131 Å². The van der Waals surface area contributed by atoms with Gasteiger partial charge in [0.05, 0.1) is 11.7 Å². The number of pyridine rings is 1. The quantitative estimate of drug-likeness (QED) is 0.307. The predicted octanol–water partition coefficient (Wildman–Crippen LogP) is 6.51. The molecule has 0 spiro atoms. The van der Waals surface area contributed by atoms with E-state index in [0.29, 0.717) is 10.9 Å². The highest BCUT2D eigenvalue weighted by atomic mass is 16.1. The van der Waals surface area contributed by atoms with Gasteiger partial charge in [0, 0.05) is 28.5 Å². The summed E-state index contributed by atoms with van der Waals surface area (Å²) in [6.45, 7) is 0. The van der Waals surface area contributed by atoms with Crippen molar-refractivity contribution in [3.63, 3.8) is 0 Å². The van der Waals surface area contributed by atoms with Crippen molar-refractivity contribution in [2.45, 2.75) is 12.5 Å². The minimum absolute atomic E-state index is 0.0320. The summed E-state index contributed by atoms with van der Waals surface area (Å²) in [4.78, 5) is 27.1. The van der Waals surface area contributed by atoms with Gasteiger partial charge < -0.3 is 0 Å². The summed E-state index contributed by atoms with van der Waals surface area (Å²) in [5.74, 6) is 0.0320. The molecule has 1 atom stereocenters. The van der Waals surface area contributed by atoms with Crippen molar-refractivity contribution >= 4 is 16.6 Å². The molecule has 0 saturated carbocycles. The molecule has 0 bridgehead atoms. The van der Waals surface area contributed by atoms with Crippen LogP contribution in [0.3, 0.4) is 0 Å². The maximum Gasteiger partial charge on any atom is 0.259 e. The van der Waals surface area contributed by atoms with E-state index in [2.05, 4.69) is 18.2 Å². The number of Topliss-reactive ketones (excluding diaryl/α,β-unsaturated/α-hetero) is 1. The number of benzene rings is 4. The summed E-state index contributed by atoms with van der Waals surface area (Å²) >= 11 is 0. The minimum Gasteiger partial charge on any atom is -0.299 e. The molecule has 3 nitrogen and oxygen atoms in total. The average Bonchev–Trinajstić information content (AvgIpc) is 3.20. The van der Waals surface area contributed by atoms with Crippen LogP contribution in [-0.4, -0.2) is 10.4 Å². The normalized spacial score (nSPS) is 14.1. The van der Waals surface area contributed by atoms with Crippen LogP contribution in [0.15, 0.2) is 114 Å². The smallest absolute Gasteiger partial charge is 0.259 e. The molecule has 6 rings (SSSR count).